The minimum absolute atomic E-state index is 0.0278. The topological polar surface area (TPSA) is 76.7 Å². The molecule has 0 aliphatic heterocycles. The largest absolute Gasteiger partial charge is 0.368 e. The summed E-state index contributed by atoms with van der Waals surface area (Å²) in [5, 5.41) is 3.33. The Balaban J connectivity index is 1.94. The molecule has 0 saturated heterocycles. The zero-order valence-electron chi connectivity index (χ0n) is 13.7. The fraction of sp³-hybridized carbons (Fsp3) is 0.471. The van der Waals surface area contributed by atoms with E-state index in [1.54, 1.807) is 0 Å². The summed E-state index contributed by atoms with van der Waals surface area (Å²) in [7, 11) is 0. The second kappa shape index (κ2) is 5.76. The molecule has 5 nitrogen and oxygen atoms in total. The van der Waals surface area contributed by atoms with Crippen LogP contribution in [0.15, 0.2) is 24.3 Å². The molecule has 2 aromatic rings. The molecule has 0 amide bonds. The molecule has 1 aromatic carbocycles. The van der Waals surface area contributed by atoms with Crippen LogP contribution in [0.5, 0.6) is 0 Å². The second-order valence-electron chi connectivity index (χ2n) is 6.65. The van der Waals surface area contributed by atoms with Crippen LogP contribution >= 0.6 is 0 Å². The highest BCUT2D eigenvalue weighted by molar-refractivity contribution is 5.41. The summed E-state index contributed by atoms with van der Waals surface area (Å²) in [5.41, 5.74) is 6.63. The van der Waals surface area contributed by atoms with Crippen LogP contribution in [0.25, 0.3) is 0 Å². The Morgan fingerprint density at radius 2 is 1.96 bits per heavy atom. The minimum Gasteiger partial charge on any atom is -0.368 e. The lowest BCUT2D eigenvalue weighted by atomic mass is 9.81. The number of halogens is 1. The number of hydrogen-bond acceptors (Lipinski definition) is 5. The molecular weight excluding hydrogens is 293 g/mol. The van der Waals surface area contributed by atoms with E-state index in [1.807, 2.05) is 6.07 Å². The molecule has 2 unspecified atom stereocenters. The maximum absolute atomic E-state index is 14.1. The van der Waals surface area contributed by atoms with E-state index >= 15 is 0 Å². The summed E-state index contributed by atoms with van der Waals surface area (Å²) in [4.78, 5) is 12.2. The highest BCUT2D eigenvalue weighted by atomic mass is 19.1. The number of aryl methyl sites for hydroxylation is 1. The van der Waals surface area contributed by atoms with Gasteiger partial charge in [-0.2, -0.15) is 15.0 Å². The van der Waals surface area contributed by atoms with E-state index in [9.17, 15) is 4.39 Å². The standard InChI is InChI=1S/C17H22FN5/c1-10-8-9-11-6-4-5-7-12(11)13(10)20-16-22-14(17(2,3)18)21-15(19)23-16/h4-7,10,13H,8-9H2,1-3H3,(H3,19,20,21,22,23). The Morgan fingerprint density at radius 1 is 1.22 bits per heavy atom. The number of benzene rings is 1. The molecular formula is C17H22FN5. The Kier molecular flexibility index (Phi) is 3.92. The molecule has 1 aliphatic carbocycles. The predicted molar refractivity (Wildman–Crippen MR) is 88.7 cm³/mol. The third-order valence-corrected chi connectivity index (χ3v) is 4.30. The van der Waals surface area contributed by atoms with Crippen molar-refractivity contribution in [2.24, 2.45) is 5.92 Å². The lowest BCUT2D eigenvalue weighted by Crippen LogP contribution is -2.27. The summed E-state index contributed by atoms with van der Waals surface area (Å²) in [6, 6.07) is 8.43. The first-order valence-corrected chi connectivity index (χ1v) is 7.90. The third-order valence-electron chi connectivity index (χ3n) is 4.30. The molecule has 1 heterocycles. The van der Waals surface area contributed by atoms with Crippen molar-refractivity contribution in [3.05, 3.63) is 41.2 Å². The summed E-state index contributed by atoms with van der Waals surface area (Å²) in [5.74, 6) is 0.820. The van der Waals surface area contributed by atoms with Gasteiger partial charge in [0, 0.05) is 0 Å². The highest BCUT2D eigenvalue weighted by Gasteiger charge is 2.28. The molecule has 0 radical (unpaired) electrons. The van der Waals surface area contributed by atoms with E-state index in [1.165, 1.54) is 25.0 Å². The minimum atomic E-state index is -1.66. The van der Waals surface area contributed by atoms with Gasteiger partial charge < -0.3 is 11.1 Å². The fourth-order valence-corrected chi connectivity index (χ4v) is 3.00. The van der Waals surface area contributed by atoms with E-state index in [2.05, 4.69) is 45.4 Å². The Hall–Kier alpha value is -2.24. The van der Waals surface area contributed by atoms with Gasteiger partial charge in [-0.3, -0.25) is 0 Å². The van der Waals surface area contributed by atoms with Crippen LogP contribution in [0.3, 0.4) is 0 Å². The third kappa shape index (κ3) is 3.25. The molecule has 122 valence electrons. The van der Waals surface area contributed by atoms with E-state index in [0.29, 0.717) is 11.9 Å². The molecule has 2 atom stereocenters. The normalized spacial score (nSPS) is 20.9. The second-order valence-corrected chi connectivity index (χ2v) is 6.65. The quantitative estimate of drug-likeness (QED) is 0.908. The van der Waals surface area contributed by atoms with Gasteiger partial charge in [-0.25, -0.2) is 4.39 Å². The predicted octanol–water partition coefficient (Wildman–Crippen LogP) is 3.39. The molecule has 3 rings (SSSR count). The molecule has 0 saturated carbocycles. The maximum Gasteiger partial charge on any atom is 0.228 e. The van der Waals surface area contributed by atoms with Crippen molar-refractivity contribution in [2.75, 3.05) is 11.1 Å². The van der Waals surface area contributed by atoms with Crippen LogP contribution < -0.4 is 11.1 Å². The van der Waals surface area contributed by atoms with Crippen molar-refractivity contribution in [2.45, 2.75) is 45.3 Å². The van der Waals surface area contributed by atoms with Gasteiger partial charge >= 0.3 is 0 Å². The van der Waals surface area contributed by atoms with Crippen LogP contribution in [0.1, 0.15) is 50.2 Å². The zero-order chi connectivity index (χ0) is 16.6. The number of nitrogens with two attached hydrogens (primary N) is 1. The molecule has 6 heteroatoms. The van der Waals surface area contributed by atoms with Crippen molar-refractivity contribution >= 4 is 11.9 Å². The van der Waals surface area contributed by atoms with Gasteiger partial charge in [0.05, 0.1) is 6.04 Å². The Labute approximate surface area is 135 Å². The number of rotatable bonds is 3. The number of nitrogens with zero attached hydrogens (tertiary/aromatic N) is 3. The fourth-order valence-electron chi connectivity index (χ4n) is 3.00. The van der Waals surface area contributed by atoms with Crippen molar-refractivity contribution in [3.63, 3.8) is 0 Å². The van der Waals surface area contributed by atoms with E-state index in [0.717, 1.165) is 12.8 Å². The number of nitrogens with one attached hydrogen (secondary N) is 1. The molecule has 23 heavy (non-hydrogen) atoms. The molecule has 1 aliphatic rings. The number of alkyl halides is 1. The molecule has 0 spiro atoms. The van der Waals surface area contributed by atoms with Crippen LogP contribution in [-0.4, -0.2) is 15.0 Å². The van der Waals surface area contributed by atoms with Crippen LogP contribution in [0.4, 0.5) is 16.3 Å². The average Bonchev–Trinajstić information content (AvgIpc) is 2.49. The molecule has 0 fully saturated rings. The van der Waals surface area contributed by atoms with Crippen LogP contribution in [0.2, 0.25) is 0 Å². The Morgan fingerprint density at radius 3 is 2.70 bits per heavy atom. The first-order chi connectivity index (χ1) is 10.8. The van der Waals surface area contributed by atoms with Gasteiger partial charge in [0.25, 0.3) is 0 Å². The van der Waals surface area contributed by atoms with Gasteiger partial charge in [-0.1, -0.05) is 31.2 Å². The highest BCUT2D eigenvalue weighted by Crippen LogP contribution is 2.36. The summed E-state index contributed by atoms with van der Waals surface area (Å²) in [6.45, 7) is 5.01. The first-order valence-electron chi connectivity index (χ1n) is 7.90. The first kappa shape index (κ1) is 15.6. The SMILES string of the molecule is CC1CCc2ccccc2C1Nc1nc(N)nc(C(C)(C)F)n1. The van der Waals surface area contributed by atoms with Crippen molar-refractivity contribution < 1.29 is 4.39 Å². The van der Waals surface area contributed by atoms with Crippen LogP contribution in [-0.2, 0) is 12.1 Å². The molecule has 3 N–H and O–H groups in total. The van der Waals surface area contributed by atoms with Crippen molar-refractivity contribution in [1.82, 2.24) is 15.0 Å². The lowest BCUT2D eigenvalue weighted by Gasteiger charge is -2.32. The van der Waals surface area contributed by atoms with E-state index in [4.69, 9.17) is 5.73 Å². The zero-order valence-corrected chi connectivity index (χ0v) is 13.7. The monoisotopic (exact) mass is 315 g/mol. The van der Waals surface area contributed by atoms with Gasteiger partial charge in [0.1, 0.15) is 0 Å². The smallest absolute Gasteiger partial charge is 0.228 e. The molecule has 0 bridgehead atoms. The van der Waals surface area contributed by atoms with E-state index < -0.39 is 5.67 Å². The summed E-state index contributed by atoms with van der Waals surface area (Å²) >= 11 is 0. The molecule has 1 aromatic heterocycles. The van der Waals surface area contributed by atoms with Crippen molar-refractivity contribution in [1.29, 1.82) is 0 Å². The maximum atomic E-state index is 14.1. The van der Waals surface area contributed by atoms with Gasteiger partial charge in [0.15, 0.2) is 11.5 Å². The van der Waals surface area contributed by atoms with Gasteiger partial charge in [0.2, 0.25) is 11.9 Å². The average molecular weight is 315 g/mol. The number of hydrogen-bond donors (Lipinski definition) is 2. The van der Waals surface area contributed by atoms with Gasteiger partial charge in [-0.05, 0) is 43.7 Å². The number of anilines is 2. The van der Waals surface area contributed by atoms with Crippen LogP contribution in [0, 0.1) is 5.92 Å². The van der Waals surface area contributed by atoms with Gasteiger partial charge in [-0.15, -0.1) is 0 Å². The van der Waals surface area contributed by atoms with Crippen molar-refractivity contribution in [3.8, 4) is 0 Å². The summed E-state index contributed by atoms with van der Waals surface area (Å²) in [6.07, 6.45) is 2.15. The number of nitrogen functional groups attached to an aromatic ring is 1. The lowest BCUT2D eigenvalue weighted by molar-refractivity contribution is 0.206. The Bertz CT molecular complexity index is 710. The van der Waals surface area contributed by atoms with E-state index in [-0.39, 0.29) is 17.8 Å². The number of aromatic nitrogens is 3. The summed E-state index contributed by atoms with van der Waals surface area (Å²) < 4.78 is 14.1. The number of fused-ring (bicyclic) bond motifs is 1.